The lowest BCUT2D eigenvalue weighted by Gasteiger charge is -2.34. The lowest BCUT2D eigenvalue weighted by atomic mass is 9.89. The van der Waals surface area contributed by atoms with Crippen molar-refractivity contribution >= 4 is 5.97 Å². The topological polar surface area (TPSA) is 29.5 Å². The maximum atomic E-state index is 12.1. The minimum atomic E-state index is -0.0387. The van der Waals surface area contributed by atoms with Crippen molar-refractivity contribution in [1.82, 2.24) is 4.90 Å². The molecule has 1 atom stereocenters. The van der Waals surface area contributed by atoms with Gasteiger partial charge in [-0.05, 0) is 37.4 Å². The number of hydrogen-bond donors (Lipinski definition) is 0. The van der Waals surface area contributed by atoms with Crippen molar-refractivity contribution in [1.29, 1.82) is 0 Å². The molecule has 0 aliphatic carbocycles. The fourth-order valence-electron chi connectivity index (χ4n) is 3.71. The number of carbonyl (C=O) groups is 1. The highest BCUT2D eigenvalue weighted by Crippen LogP contribution is 2.28. The molecule has 2 aromatic carbocycles. The second kappa shape index (κ2) is 8.82. The molecule has 1 saturated heterocycles. The van der Waals surface area contributed by atoms with Crippen LogP contribution in [0.5, 0.6) is 0 Å². The Bertz CT molecular complexity index is 617. The summed E-state index contributed by atoms with van der Waals surface area (Å²) in [6.45, 7) is 5.12. The van der Waals surface area contributed by atoms with E-state index in [9.17, 15) is 4.79 Å². The smallest absolute Gasteiger partial charge is 0.310 e. The lowest BCUT2D eigenvalue weighted by Crippen LogP contribution is -2.41. The van der Waals surface area contributed by atoms with Gasteiger partial charge >= 0.3 is 5.97 Å². The Balaban J connectivity index is 1.75. The van der Waals surface area contributed by atoms with Gasteiger partial charge in [-0.2, -0.15) is 0 Å². The van der Waals surface area contributed by atoms with Crippen LogP contribution in [0.3, 0.4) is 0 Å². The summed E-state index contributed by atoms with van der Waals surface area (Å²) in [7, 11) is 0. The van der Waals surface area contributed by atoms with Crippen molar-refractivity contribution in [3.63, 3.8) is 0 Å². The molecule has 2 aromatic rings. The number of hydrogen-bond acceptors (Lipinski definition) is 3. The van der Waals surface area contributed by atoms with Crippen LogP contribution in [0.4, 0.5) is 0 Å². The molecular weight excluding hydrogens is 310 g/mol. The minimum Gasteiger partial charge on any atom is -0.466 e. The molecule has 3 nitrogen and oxygen atoms in total. The molecule has 0 aromatic heterocycles. The van der Waals surface area contributed by atoms with E-state index < -0.39 is 0 Å². The number of benzene rings is 2. The largest absolute Gasteiger partial charge is 0.466 e. The molecule has 0 N–H and O–H groups in total. The van der Waals surface area contributed by atoms with E-state index in [1.54, 1.807) is 0 Å². The van der Waals surface area contributed by atoms with Crippen molar-refractivity contribution in [2.45, 2.75) is 25.7 Å². The SMILES string of the molecule is CCOC(=O)[C@H]1CCCN(CC(c2ccccc2)c2ccccc2)C1. The summed E-state index contributed by atoms with van der Waals surface area (Å²) < 4.78 is 5.24. The van der Waals surface area contributed by atoms with E-state index in [4.69, 9.17) is 4.74 Å². The van der Waals surface area contributed by atoms with E-state index >= 15 is 0 Å². The maximum Gasteiger partial charge on any atom is 0.310 e. The van der Waals surface area contributed by atoms with Gasteiger partial charge in [0, 0.05) is 19.0 Å². The van der Waals surface area contributed by atoms with Crippen LogP contribution in [0.25, 0.3) is 0 Å². The Morgan fingerprint density at radius 1 is 1.08 bits per heavy atom. The molecule has 132 valence electrons. The highest BCUT2D eigenvalue weighted by molar-refractivity contribution is 5.72. The Labute approximate surface area is 150 Å². The van der Waals surface area contributed by atoms with Gasteiger partial charge in [-0.3, -0.25) is 4.79 Å². The van der Waals surface area contributed by atoms with Crippen molar-refractivity contribution in [2.75, 3.05) is 26.2 Å². The zero-order valence-corrected chi connectivity index (χ0v) is 14.9. The summed E-state index contributed by atoms with van der Waals surface area (Å²) in [6, 6.07) is 21.3. The number of carbonyl (C=O) groups excluding carboxylic acids is 1. The molecule has 1 aliphatic rings. The van der Waals surface area contributed by atoms with E-state index in [1.807, 2.05) is 6.92 Å². The lowest BCUT2D eigenvalue weighted by molar-refractivity contribution is -0.149. The zero-order valence-electron chi connectivity index (χ0n) is 14.9. The number of ether oxygens (including phenoxy) is 1. The van der Waals surface area contributed by atoms with E-state index in [0.29, 0.717) is 12.5 Å². The molecule has 3 rings (SSSR count). The van der Waals surface area contributed by atoms with E-state index in [1.165, 1.54) is 11.1 Å². The summed E-state index contributed by atoms with van der Waals surface area (Å²) in [5, 5.41) is 0. The van der Waals surface area contributed by atoms with Crippen molar-refractivity contribution in [3.05, 3.63) is 71.8 Å². The average Bonchev–Trinajstić information content (AvgIpc) is 2.68. The van der Waals surface area contributed by atoms with Crippen LogP contribution in [0.2, 0.25) is 0 Å². The van der Waals surface area contributed by atoms with E-state index in [0.717, 1.165) is 32.5 Å². The third kappa shape index (κ3) is 4.70. The first-order valence-electron chi connectivity index (χ1n) is 9.26. The number of piperidine rings is 1. The van der Waals surface area contributed by atoms with Gasteiger partial charge in [0.05, 0.1) is 12.5 Å². The van der Waals surface area contributed by atoms with Crippen LogP contribution in [-0.2, 0) is 9.53 Å². The molecule has 0 bridgehead atoms. The average molecular weight is 337 g/mol. The first-order chi connectivity index (χ1) is 12.3. The van der Waals surface area contributed by atoms with Crippen LogP contribution in [0.15, 0.2) is 60.7 Å². The van der Waals surface area contributed by atoms with Crippen LogP contribution in [0.1, 0.15) is 36.8 Å². The van der Waals surface area contributed by atoms with Gasteiger partial charge in [0.15, 0.2) is 0 Å². The molecule has 1 heterocycles. The molecule has 0 spiro atoms. The summed E-state index contributed by atoms with van der Waals surface area (Å²) in [6.07, 6.45) is 2.00. The van der Waals surface area contributed by atoms with E-state index in [2.05, 4.69) is 65.6 Å². The number of likely N-dealkylation sites (tertiary alicyclic amines) is 1. The third-order valence-corrected chi connectivity index (χ3v) is 4.97. The van der Waals surface area contributed by atoms with Gasteiger partial charge in [0.1, 0.15) is 0 Å². The predicted molar refractivity (Wildman–Crippen MR) is 101 cm³/mol. The predicted octanol–water partition coefficient (Wildman–Crippen LogP) is 4.09. The maximum absolute atomic E-state index is 12.1. The molecule has 1 fully saturated rings. The summed E-state index contributed by atoms with van der Waals surface area (Å²) in [5.74, 6) is 0.299. The fraction of sp³-hybridized carbons (Fsp3) is 0.409. The van der Waals surface area contributed by atoms with Crippen molar-refractivity contribution < 1.29 is 9.53 Å². The Morgan fingerprint density at radius 3 is 2.24 bits per heavy atom. The van der Waals surface area contributed by atoms with Gasteiger partial charge in [-0.15, -0.1) is 0 Å². The molecule has 1 aliphatic heterocycles. The van der Waals surface area contributed by atoms with Crippen LogP contribution in [0, 0.1) is 5.92 Å². The molecule has 0 saturated carbocycles. The van der Waals surface area contributed by atoms with Crippen molar-refractivity contribution in [3.8, 4) is 0 Å². The van der Waals surface area contributed by atoms with Gasteiger partial charge < -0.3 is 9.64 Å². The molecule has 25 heavy (non-hydrogen) atoms. The minimum absolute atomic E-state index is 0.0147. The highest BCUT2D eigenvalue weighted by atomic mass is 16.5. The fourth-order valence-corrected chi connectivity index (χ4v) is 3.71. The Hall–Kier alpha value is -2.13. The Morgan fingerprint density at radius 2 is 1.68 bits per heavy atom. The first-order valence-corrected chi connectivity index (χ1v) is 9.26. The molecule has 0 unspecified atom stereocenters. The van der Waals surface area contributed by atoms with Gasteiger partial charge in [0.2, 0.25) is 0 Å². The van der Waals surface area contributed by atoms with Crippen molar-refractivity contribution in [2.24, 2.45) is 5.92 Å². The van der Waals surface area contributed by atoms with Gasteiger partial charge in [0.25, 0.3) is 0 Å². The second-order valence-corrected chi connectivity index (χ2v) is 6.72. The van der Waals surface area contributed by atoms with Crippen LogP contribution >= 0.6 is 0 Å². The summed E-state index contributed by atoms with van der Waals surface area (Å²) >= 11 is 0. The monoisotopic (exact) mass is 337 g/mol. The number of rotatable bonds is 6. The normalized spacial score (nSPS) is 18.2. The van der Waals surface area contributed by atoms with Gasteiger partial charge in [-0.1, -0.05) is 60.7 Å². The number of esters is 1. The summed E-state index contributed by atoms with van der Waals surface area (Å²) in [4.78, 5) is 14.5. The van der Waals surface area contributed by atoms with E-state index in [-0.39, 0.29) is 11.9 Å². The standard InChI is InChI=1S/C22H27NO2/c1-2-25-22(24)20-14-9-15-23(16-20)17-21(18-10-5-3-6-11-18)19-12-7-4-8-13-19/h3-8,10-13,20-21H,2,9,14-17H2,1H3/t20-/m0/s1. The zero-order chi connectivity index (χ0) is 17.5. The molecule has 0 amide bonds. The molecule has 3 heteroatoms. The third-order valence-electron chi connectivity index (χ3n) is 4.97. The van der Waals surface area contributed by atoms with Gasteiger partial charge in [-0.25, -0.2) is 0 Å². The van der Waals surface area contributed by atoms with Crippen LogP contribution < -0.4 is 0 Å². The number of nitrogens with zero attached hydrogens (tertiary/aromatic N) is 1. The Kier molecular flexibility index (Phi) is 6.24. The second-order valence-electron chi connectivity index (χ2n) is 6.72. The quantitative estimate of drug-likeness (QED) is 0.744. The highest BCUT2D eigenvalue weighted by Gasteiger charge is 2.28. The molecular formula is C22H27NO2. The molecule has 0 radical (unpaired) electrons. The van der Waals surface area contributed by atoms with Crippen LogP contribution in [-0.4, -0.2) is 37.1 Å². The summed E-state index contributed by atoms with van der Waals surface area (Å²) in [5.41, 5.74) is 2.65. The first kappa shape index (κ1) is 17.7.